The molecule has 3 nitrogen and oxygen atoms in total. The average Bonchev–Trinajstić information content (AvgIpc) is 3.29. The monoisotopic (exact) mass is 460 g/mol. The fourth-order valence-electron chi connectivity index (χ4n) is 6.63. The zero-order valence-corrected chi connectivity index (χ0v) is 19.2. The van der Waals surface area contributed by atoms with Gasteiger partial charge >= 0.3 is 181 Å². The first-order chi connectivity index (χ1) is 14.1. The van der Waals surface area contributed by atoms with Gasteiger partial charge in [-0.3, -0.25) is 0 Å². The van der Waals surface area contributed by atoms with Crippen LogP contribution in [0.25, 0.3) is 0 Å². The van der Waals surface area contributed by atoms with Gasteiger partial charge in [0.2, 0.25) is 0 Å². The Bertz CT molecular complexity index is 783. The van der Waals surface area contributed by atoms with Gasteiger partial charge < -0.3 is 0 Å². The van der Waals surface area contributed by atoms with E-state index in [1.807, 2.05) is 0 Å². The molecule has 3 aliphatic carbocycles. The Labute approximate surface area is 180 Å². The molecule has 1 aromatic rings. The molecule has 4 aliphatic rings. The zero-order valence-electron chi connectivity index (χ0n) is 17.5. The molecule has 0 N–H and O–H groups in total. The van der Waals surface area contributed by atoms with Crippen molar-refractivity contribution < 1.29 is 14.3 Å². The van der Waals surface area contributed by atoms with E-state index in [0.717, 1.165) is 19.3 Å². The molecule has 1 aliphatic heterocycles. The molecule has 5 atom stereocenters. The van der Waals surface area contributed by atoms with Crippen molar-refractivity contribution in [1.82, 2.24) is 0 Å². The third-order valence-electron chi connectivity index (χ3n) is 7.86. The molecule has 1 aromatic carbocycles. The van der Waals surface area contributed by atoms with Gasteiger partial charge in [-0.15, -0.1) is 0 Å². The van der Waals surface area contributed by atoms with Gasteiger partial charge in [0.15, 0.2) is 0 Å². The fourth-order valence-corrected chi connectivity index (χ4v) is 9.99. The van der Waals surface area contributed by atoms with Crippen molar-refractivity contribution in [2.75, 3.05) is 13.2 Å². The van der Waals surface area contributed by atoms with Gasteiger partial charge in [-0.05, 0) is 0 Å². The molecule has 0 unspecified atom stereocenters. The number of hydrogen-bond donors (Lipinski definition) is 0. The van der Waals surface area contributed by atoms with Crippen molar-refractivity contribution in [3.05, 3.63) is 42.5 Å². The first kappa shape index (κ1) is 20.0. The van der Waals surface area contributed by atoms with Gasteiger partial charge in [-0.25, -0.2) is 0 Å². The van der Waals surface area contributed by atoms with Crippen LogP contribution < -0.4 is 4.46 Å². The summed E-state index contributed by atoms with van der Waals surface area (Å²) >= 11 is 0.162. The van der Waals surface area contributed by atoms with E-state index in [1.54, 1.807) is 0 Å². The number of benzene rings is 1. The summed E-state index contributed by atoms with van der Waals surface area (Å²) in [4.78, 5) is 14.0. The molecule has 2 saturated carbocycles. The van der Waals surface area contributed by atoms with E-state index in [4.69, 9.17) is 9.47 Å². The molecule has 0 amide bonds. The predicted molar refractivity (Wildman–Crippen MR) is 115 cm³/mol. The van der Waals surface area contributed by atoms with E-state index in [9.17, 15) is 4.79 Å². The van der Waals surface area contributed by atoms with Crippen molar-refractivity contribution in [3.63, 3.8) is 0 Å². The zero-order chi connectivity index (χ0) is 20.1. The van der Waals surface area contributed by atoms with Crippen LogP contribution in [0.4, 0.5) is 0 Å². The van der Waals surface area contributed by atoms with Crippen molar-refractivity contribution in [2.24, 2.45) is 29.6 Å². The summed E-state index contributed by atoms with van der Waals surface area (Å²) in [5.41, 5.74) is 0. The van der Waals surface area contributed by atoms with Crippen LogP contribution in [0.15, 0.2) is 42.5 Å². The van der Waals surface area contributed by atoms with Gasteiger partial charge in [0.1, 0.15) is 0 Å². The van der Waals surface area contributed by atoms with E-state index in [0.29, 0.717) is 49.1 Å². The van der Waals surface area contributed by atoms with Crippen LogP contribution in [0.1, 0.15) is 46.0 Å². The number of carbonyl (C=O) groups excluding carboxylic acids is 1. The Morgan fingerprint density at radius 3 is 2.59 bits per heavy atom. The van der Waals surface area contributed by atoms with Gasteiger partial charge in [-0.2, -0.15) is 0 Å². The van der Waals surface area contributed by atoms with Crippen LogP contribution >= 0.6 is 0 Å². The Morgan fingerprint density at radius 2 is 1.86 bits per heavy atom. The van der Waals surface area contributed by atoms with Crippen LogP contribution in [0.5, 0.6) is 0 Å². The summed E-state index contributed by atoms with van der Waals surface area (Å²) < 4.78 is 13.7. The Kier molecular flexibility index (Phi) is 5.27. The van der Waals surface area contributed by atoms with E-state index in [2.05, 4.69) is 56.3 Å². The van der Waals surface area contributed by atoms with Gasteiger partial charge in [0.25, 0.3) is 0 Å². The van der Waals surface area contributed by atoms with Crippen molar-refractivity contribution in [3.8, 4) is 0 Å². The third kappa shape index (κ3) is 3.19. The first-order valence-corrected chi connectivity index (χ1v) is 13.0. The Hall–Kier alpha value is -0.931. The van der Waals surface area contributed by atoms with Crippen LogP contribution in [0.3, 0.4) is 0 Å². The normalized spacial score (nSPS) is 38.2. The molecule has 4 heteroatoms. The quantitative estimate of drug-likeness (QED) is 0.503. The summed E-state index contributed by atoms with van der Waals surface area (Å²) in [6, 6.07) is 10.8. The van der Waals surface area contributed by atoms with Crippen LogP contribution in [0.2, 0.25) is 4.31 Å². The topological polar surface area (TPSA) is 35.5 Å². The molecule has 1 spiro atoms. The summed E-state index contributed by atoms with van der Waals surface area (Å²) in [5.74, 6) is 2.10. The molecule has 1 heterocycles. The van der Waals surface area contributed by atoms with E-state index < -0.39 is 5.79 Å². The molecular weight excluding hydrogens is 427 g/mol. The summed E-state index contributed by atoms with van der Waals surface area (Å²) in [7, 11) is 0. The van der Waals surface area contributed by atoms with Crippen molar-refractivity contribution in [2.45, 2.75) is 56.1 Å². The standard InChI is InChI=1S/C25H32O3Se/c1-17(2)19-11-13-24(29-18-8-4-3-5-9-18)22(26)16-21-20(23(19)24)10-6-7-12-25(21)27-14-15-28-25/h3-6,8-10,17,19-21,23H,7,11-16H2,1-2H3/t19-,20-,21-,23-,24-/m0/s1. The first-order valence-electron chi connectivity index (χ1n) is 11.3. The van der Waals surface area contributed by atoms with Crippen LogP contribution in [-0.2, 0) is 14.3 Å². The van der Waals surface area contributed by atoms with E-state index in [1.165, 1.54) is 10.9 Å². The predicted octanol–water partition coefficient (Wildman–Crippen LogP) is 4.16. The molecule has 0 bridgehead atoms. The summed E-state index contributed by atoms with van der Waals surface area (Å²) in [6.45, 7) is 6.02. The molecule has 5 rings (SSSR count). The van der Waals surface area contributed by atoms with Crippen LogP contribution in [-0.4, -0.2) is 39.7 Å². The Balaban J connectivity index is 1.59. The second-order valence-electron chi connectivity index (χ2n) is 9.56. The molecule has 3 fully saturated rings. The minimum atomic E-state index is -0.542. The van der Waals surface area contributed by atoms with E-state index >= 15 is 0 Å². The average molecular weight is 459 g/mol. The van der Waals surface area contributed by atoms with Gasteiger partial charge in [-0.1, -0.05) is 0 Å². The Morgan fingerprint density at radius 1 is 1.10 bits per heavy atom. The second-order valence-corrected chi connectivity index (χ2v) is 12.5. The van der Waals surface area contributed by atoms with E-state index in [-0.39, 0.29) is 25.2 Å². The number of Topliss-reactive ketones (excluding diaryl/α,β-unsaturated/α-hetero) is 1. The number of ketones is 1. The molecule has 156 valence electrons. The molecule has 29 heavy (non-hydrogen) atoms. The minimum absolute atomic E-state index is 0.162. The molecule has 0 radical (unpaired) electrons. The summed E-state index contributed by atoms with van der Waals surface area (Å²) in [5, 5.41) is 0. The number of hydrogen-bond acceptors (Lipinski definition) is 3. The van der Waals surface area contributed by atoms with Crippen molar-refractivity contribution in [1.29, 1.82) is 0 Å². The molecule has 0 aromatic heterocycles. The SMILES string of the molecule is CC(C)[C@@H]1CC[C@]2([Se]c3ccccc3)C(=O)C[C@H]3[C@H](C=CCCC34OCCO4)[C@H]12. The fraction of sp³-hybridized carbons (Fsp3) is 0.640. The summed E-state index contributed by atoms with van der Waals surface area (Å²) in [6.07, 6.45) is 9.52. The van der Waals surface area contributed by atoms with Gasteiger partial charge in [0, 0.05) is 0 Å². The maximum absolute atomic E-state index is 14.0. The number of rotatable bonds is 3. The van der Waals surface area contributed by atoms with Crippen LogP contribution in [0, 0.1) is 29.6 Å². The second kappa shape index (κ2) is 7.64. The van der Waals surface area contributed by atoms with Gasteiger partial charge in [0.05, 0.1) is 0 Å². The molecule has 1 saturated heterocycles. The van der Waals surface area contributed by atoms with Crippen molar-refractivity contribution >= 4 is 25.2 Å². The molecular formula is C25H32O3Se. The maximum atomic E-state index is 14.0. The number of fused-ring (bicyclic) bond motifs is 4. The third-order valence-corrected chi connectivity index (χ3v) is 11.2. The number of ether oxygens (including phenoxy) is 2. The number of carbonyl (C=O) groups is 1. The number of allylic oxidation sites excluding steroid dienone is 2.